The molecule has 11 heavy (non-hydrogen) atoms. The predicted molar refractivity (Wildman–Crippen MR) is 47.4 cm³/mol. The van der Waals surface area contributed by atoms with Crippen molar-refractivity contribution >= 4 is 0 Å². The molecule has 0 aromatic rings. The fourth-order valence-corrected chi connectivity index (χ4v) is 0.414. The zero-order valence-corrected chi connectivity index (χ0v) is 7.42. The lowest BCUT2D eigenvalue weighted by Crippen LogP contribution is -1.98. The third-order valence-corrected chi connectivity index (χ3v) is 1.12. The largest absolute Gasteiger partial charge is 0.396 e. The molecule has 0 saturated carbocycles. The van der Waals surface area contributed by atoms with Crippen molar-refractivity contribution in [3.8, 4) is 0 Å². The molecule has 0 amide bonds. The van der Waals surface area contributed by atoms with Crippen LogP contribution >= 0.6 is 0 Å². The van der Waals surface area contributed by atoms with Crippen LogP contribution in [0.1, 0.15) is 32.6 Å². The highest BCUT2D eigenvalue weighted by Crippen LogP contribution is 1.79. The molecule has 0 fully saturated rings. The van der Waals surface area contributed by atoms with Gasteiger partial charge in [-0.15, -0.1) is 0 Å². The summed E-state index contributed by atoms with van der Waals surface area (Å²) in [5.74, 6) is 0. The maximum Gasteiger partial charge on any atom is 0.0431 e. The molecule has 0 rings (SSSR count). The highest BCUT2D eigenvalue weighted by Gasteiger charge is 1.76. The summed E-state index contributed by atoms with van der Waals surface area (Å²) >= 11 is 0. The Morgan fingerprint density at radius 2 is 1.55 bits per heavy atom. The molecule has 0 unspecified atom stereocenters. The van der Waals surface area contributed by atoms with E-state index in [2.05, 4.69) is 6.92 Å². The summed E-state index contributed by atoms with van der Waals surface area (Å²) in [4.78, 5) is 0. The van der Waals surface area contributed by atoms with E-state index >= 15 is 0 Å². The van der Waals surface area contributed by atoms with Gasteiger partial charge in [0, 0.05) is 13.2 Å². The lowest BCUT2D eigenvalue weighted by molar-refractivity contribution is 0.285. The minimum atomic E-state index is 0.275. The third kappa shape index (κ3) is 25.8. The first-order chi connectivity index (χ1) is 5.33. The van der Waals surface area contributed by atoms with Crippen LogP contribution in [0.15, 0.2) is 0 Å². The summed E-state index contributed by atoms with van der Waals surface area (Å²) in [7, 11) is 0. The highest BCUT2D eigenvalue weighted by atomic mass is 16.3. The third-order valence-electron chi connectivity index (χ3n) is 1.12. The molecule has 0 aliphatic rings. The molecule has 70 valence electrons. The van der Waals surface area contributed by atoms with Crippen LogP contribution in [-0.4, -0.2) is 30.0 Å². The fourth-order valence-electron chi connectivity index (χ4n) is 0.414. The van der Waals surface area contributed by atoms with Gasteiger partial charge < -0.3 is 15.9 Å². The molecule has 0 aromatic heterocycles. The Balaban J connectivity index is 0. The van der Waals surface area contributed by atoms with E-state index < -0.39 is 0 Å². The zero-order valence-electron chi connectivity index (χ0n) is 7.42. The molecule has 0 bridgehead atoms. The summed E-state index contributed by atoms with van der Waals surface area (Å²) in [5, 5.41) is 16.2. The molecule has 0 saturated heterocycles. The number of hydrogen-bond acceptors (Lipinski definition) is 3. The van der Waals surface area contributed by atoms with Crippen LogP contribution in [0.3, 0.4) is 0 Å². The van der Waals surface area contributed by atoms with Crippen molar-refractivity contribution in [2.24, 2.45) is 5.73 Å². The second-order valence-corrected chi connectivity index (χ2v) is 2.30. The van der Waals surface area contributed by atoms with Crippen molar-refractivity contribution in [3.05, 3.63) is 0 Å². The fraction of sp³-hybridized carbons (Fsp3) is 1.00. The standard InChI is InChI=1S/C4H11NO.C4H10O/c5-3-1-2-4-6;1-2-3-4-5/h6H,1-5H2;5H,2-4H2,1H3. The summed E-state index contributed by atoms with van der Waals surface area (Å²) in [6.45, 7) is 3.37. The van der Waals surface area contributed by atoms with Crippen LogP contribution < -0.4 is 5.73 Å². The number of nitrogens with two attached hydrogens (primary N) is 1. The number of unbranched alkanes of at least 4 members (excludes halogenated alkanes) is 2. The molecule has 0 radical (unpaired) electrons. The van der Waals surface area contributed by atoms with Crippen molar-refractivity contribution in [2.45, 2.75) is 32.6 Å². The Morgan fingerprint density at radius 1 is 1.00 bits per heavy atom. The summed E-state index contributed by atoms with van der Waals surface area (Å²) in [6, 6.07) is 0. The van der Waals surface area contributed by atoms with Gasteiger partial charge in [-0.3, -0.25) is 0 Å². The molecular formula is C8H21NO2. The molecular weight excluding hydrogens is 142 g/mol. The molecule has 0 aliphatic heterocycles. The van der Waals surface area contributed by atoms with Gasteiger partial charge in [0.1, 0.15) is 0 Å². The molecule has 0 spiro atoms. The van der Waals surface area contributed by atoms with E-state index in [1.165, 1.54) is 0 Å². The maximum absolute atomic E-state index is 8.14. The van der Waals surface area contributed by atoms with E-state index in [1.54, 1.807) is 0 Å². The van der Waals surface area contributed by atoms with Gasteiger partial charge in [0.2, 0.25) is 0 Å². The highest BCUT2D eigenvalue weighted by molar-refractivity contribution is 4.34. The van der Waals surface area contributed by atoms with Gasteiger partial charge in [-0.2, -0.15) is 0 Å². The molecule has 4 N–H and O–H groups in total. The van der Waals surface area contributed by atoms with Gasteiger partial charge in [-0.1, -0.05) is 13.3 Å². The lowest BCUT2D eigenvalue weighted by Gasteiger charge is -1.86. The smallest absolute Gasteiger partial charge is 0.0431 e. The monoisotopic (exact) mass is 163 g/mol. The summed E-state index contributed by atoms with van der Waals surface area (Å²) < 4.78 is 0. The van der Waals surface area contributed by atoms with Gasteiger partial charge >= 0.3 is 0 Å². The van der Waals surface area contributed by atoms with Crippen LogP contribution in [0.2, 0.25) is 0 Å². The van der Waals surface area contributed by atoms with Gasteiger partial charge in [-0.25, -0.2) is 0 Å². The quantitative estimate of drug-likeness (QED) is 0.517. The number of rotatable bonds is 5. The van der Waals surface area contributed by atoms with Crippen LogP contribution in [-0.2, 0) is 0 Å². The van der Waals surface area contributed by atoms with E-state index in [0.717, 1.165) is 25.7 Å². The molecule has 0 aliphatic carbocycles. The second-order valence-electron chi connectivity index (χ2n) is 2.30. The van der Waals surface area contributed by atoms with Crippen LogP contribution in [0.4, 0.5) is 0 Å². The Bertz CT molecular complexity index is 45.4. The van der Waals surface area contributed by atoms with E-state index in [4.69, 9.17) is 15.9 Å². The van der Waals surface area contributed by atoms with Crippen molar-refractivity contribution in [3.63, 3.8) is 0 Å². The summed E-state index contributed by atoms with van der Waals surface area (Å²) in [6.07, 6.45) is 3.82. The molecule has 0 heterocycles. The molecule has 0 atom stereocenters. The molecule has 3 nitrogen and oxygen atoms in total. The van der Waals surface area contributed by atoms with Gasteiger partial charge in [0.05, 0.1) is 0 Å². The van der Waals surface area contributed by atoms with Gasteiger partial charge in [0.25, 0.3) is 0 Å². The minimum Gasteiger partial charge on any atom is -0.396 e. The molecule has 3 heteroatoms. The van der Waals surface area contributed by atoms with Gasteiger partial charge in [-0.05, 0) is 25.8 Å². The van der Waals surface area contributed by atoms with Crippen molar-refractivity contribution in [1.82, 2.24) is 0 Å². The SMILES string of the molecule is CCCCO.NCCCCO. The van der Waals surface area contributed by atoms with E-state index in [-0.39, 0.29) is 6.61 Å². The van der Waals surface area contributed by atoms with Crippen LogP contribution in [0.5, 0.6) is 0 Å². The number of aliphatic hydroxyl groups is 2. The first-order valence-electron chi connectivity index (χ1n) is 4.25. The van der Waals surface area contributed by atoms with Crippen LogP contribution in [0.25, 0.3) is 0 Å². The Labute approximate surface area is 69.2 Å². The predicted octanol–water partition coefficient (Wildman–Crippen LogP) is 0.496. The number of aliphatic hydroxyl groups excluding tert-OH is 2. The van der Waals surface area contributed by atoms with Crippen molar-refractivity contribution < 1.29 is 10.2 Å². The second kappa shape index (κ2) is 16.5. The summed E-state index contributed by atoms with van der Waals surface area (Å²) in [5.41, 5.74) is 5.10. The van der Waals surface area contributed by atoms with E-state index in [9.17, 15) is 0 Å². The van der Waals surface area contributed by atoms with Gasteiger partial charge in [0.15, 0.2) is 0 Å². The topological polar surface area (TPSA) is 66.5 Å². The van der Waals surface area contributed by atoms with Crippen LogP contribution in [0, 0.1) is 0 Å². The molecule has 0 aromatic carbocycles. The number of hydrogen-bond donors (Lipinski definition) is 3. The first kappa shape index (κ1) is 13.5. The Morgan fingerprint density at radius 3 is 1.64 bits per heavy atom. The first-order valence-corrected chi connectivity index (χ1v) is 4.25. The average Bonchev–Trinajstić information content (AvgIpc) is 2.04. The maximum atomic E-state index is 8.14. The zero-order chi connectivity index (χ0) is 8.95. The minimum absolute atomic E-state index is 0.275. The van der Waals surface area contributed by atoms with E-state index in [0.29, 0.717) is 13.2 Å². The van der Waals surface area contributed by atoms with Crippen molar-refractivity contribution in [2.75, 3.05) is 19.8 Å². The normalized spacial score (nSPS) is 8.73. The lowest BCUT2D eigenvalue weighted by atomic mass is 10.3. The average molecular weight is 163 g/mol. The van der Waals surface area contributed by atoms with E-state index in [1.807, 2.05) is 0 Å². The Hall–Kier alpha value is -0.120. The Kier molecular flexibility index (Phi) is 20.2. The van der Waals surface area contributed by atoms with Crippen molar-refractivity contribution in [1.29, 1.82) is 0 Å².